The summed E-state index contributed by atoms with van der Waals surface area (Å²) in [6.07, 6.45) is 1.21. The molecule has 3 N–H and O–H groups in total. The average molecular weight is 277 g/mol. The van der Waals surface area contributed by atoms with Gasteiger partial charge in [0.25, 0.3) is 0 Å². The molecule has 6 nitrogen and oxygen atoms in total. The third-order valence-corrected chi connectivity index (χ3v) is 3.48. The zero-order valence-electron chi connectivity index (χ0n) is 11.7. The highest BCUT2D eigenvalue weighted by Crippen LogP contribution is 2.26. The monoisotopic (exact) mass is 277 g/mol. The van der Waals surface area contributed by atoms with Crippen molar-refractivity contribution in [1.29, 1.82) is 0 Å². The van der Waals surface area contributed by atoms with Crippen molar-refractivity contribution in [2.24, 2.45) is 0 Å². The lowest BCUT2D eigenvalue weighted by molar-refractivity contribution is -0.132. The number of likely N-dealkylation sites (N-methyl/N-ethyl adjacent to an activating group) is 1. The van der Waals surface area contributed by atoms with E-state index >= 15 is 0 Å². The van der Waals surface area contributed by atoms with E-state index in [1.165, 1.54) is 7.11 Å². The molecule has 1 saturated heterocycles. The lowest BCUT2D eigenvalue weighted by Crippen LogP contribution is -2.43. The van der Waals surface area contributed by atoms with E-state index in [1.54, 1.807) is 30.1 Å². The van der Waals surface area contributed by atoms with Gasteiger partial charge in [-0.15, -0.1) is 0 Å². The Morgan fingerprint density at radius 3 is 2.90 bits per heavy atom. The van der Waals surface area contributed by atoms with Gasteiger partial charge in [0.2, 0.25) is 5.91 Å². The van der Waals surface area contributed by atoms with Crippen molar-refractivity contribution in [1.82, 2.24) is 4.90 Å². The van der Waals surface area contributed by atoms with E-state index in [1.807, 2.05) is 0 Å². The molecule has 0 radical (unpaired) electrons. The second-order valence-electron chi connectivity index (χ2n) is 4.92. The molecule has 1 heterocycles. The summed E-state index contributed by atoms with van der Waals surface area (Å²) in [5.41, 5.74) is 7.42. The number of anilines is 2. The molecule has 0 bridgehead atoms. The van der Waals surface area contributed by atoms with Crippen LogP contribution in [-0.2, 0) is 9.53 Å². The zero-order chi connectivity index (χ0) is 14.7. The van der Waals surface area contributed by atoms with Crippen LogP contribution in [0.1, 0.15) is 23.2 Å². The largest absolute Gasteiger partial charge is 0.465 e. The van der Waals surface area contributed by atoms with Crippen molar-refractivity contribution in [3.8, 4) is 0 Å². The first-order valence-electron chi connectivity index (χ1n) is 6.50. The van der Waals surface area contributed by atoms with E-state index < -0.39 is 5.97 Å². The highest BCUT2D eigenvalue weighted by molar-refractivity contribution is 5.98. The Labute approximate surface area is 117 Å². The van der Waals surface area contributed by atoms with Crippen molar-refractivity contribution < 1.29 is 14.3 Å². The van der Waals surface area contributed by atoms with Crippen LogP contribution in [0.15, 0.2) is 18.2 Å². The third kappa shape index (κ3) is 2.84. The summed E-state index contributed by atoms with van der Waals surface area (Å²) in [7, 11) is 3.11. The summed E-state index contributed by atoms with van der Waals surface area (Å²) in [5, 5.41) is 3.26. The van der Waals surface area contributed by atoms with E-state index in [-0.39, 0.29) is 11.9 Å². The molecule has 0 spiro atoms. The lowest BCUT2D eigenvalue weighted by Gasteiger charge is -2.31. The minimum Gasteiger partial charge on any atom is -0.465 e. The minimum absolute atomic E-state index is 0.0748. The van der Waals surface area contributed by atoms with Crippen molar-refractivity contribution in [2.75, 3.05) is 31.8 Å². The van der Waals surface area contributed by atoms with Gasteiger partial charge in [-0.3, -0.25) is 4.79 Å². The quantitative estimate of drug-likeness (QED) is 0.638. The summed E-state index contributed by atoms with van der Waals surface area (Å²) in [6, 6.07) is 5.18. The zero-order valence-corrected chi connectivity index (χ0v) is 11.7. The number of para-hydroxylation sites is 1. The Bertz CT molecular complexity index is 530. The molecule has 1 aliphatic rings. The normalized spacial score (nSPS) is 18.8. The summed E-state index contributed by atoms with van der Waals surface area (Å²) < 4.78 is 4.76. The minimum atomic E-state index is -0.431. The van der Waals surface area contributed by atoms with Gasteiger partial charge in [-0.05, 0) is 18.6 Å². The van der Waals surface area contributed by atoms with Crippen molar-refractivity contribution in [3.05, 3.63) is 23.8 Å². The Hall–Kier alpha value is -2.24. The van der Waals surface area contributed by atoms with Crippen molar-refractivity contribution in [2.45, 2.75) is 18.9 Å². The first-order valence-corrected chi connectivity index (χ1v) is 6.50. The Kier molecular flexibility index (Phi) is 4.12. The van der Waals surface area contributed by atoms with Gasteiger partial charge < -0.3 is 20.7 Å². The molecular weight excluding hydrogens is 258 g/mol. The van der Waals surface area contributed by atoms with Crippen molar-refractivity contribution >= 4 is 23.3 Å². The SMILES string of the molecule is COC(=O)c1cccc(N)c1NC1CCC(=O)N(C)C1. The Morgan fingerprint density at radius 2 is 2.25 bits per heavy atom. The van der Waals surface area contributed by atoms with Crippen LogP contribution >= 0.6 is 0 Å². The van der Waals surface area contributed by atoms with Crippen LogP contribution < -0.4 is 11.1 Å². The van der Waals surface area contributed by atoms with E-state index in [9.17, 15) is 9.59 Å². The number of nitrogen functional groups attached to an aromatic ring is 1. The topological polar surface area (TPSA) is 84.7 Å². The average Bonchev–Trinajstić information content (AvgIpc) is 2.44. The van der Waals surface area contributed by atoms with Gasteiger partial charge in [0.15, 0.2) is 0 Å². The van der Waals surface area contributed by atoms with E-state index in [2.05, 4.69) is 5.32 Å². The number of rotatable bonds is 3. The van der Waals surface area contributed by atoms with Crippen LogP contribution in [0.3, 0.4) is 0 Å². The number of amides is 1. The molecule has 0 aromatic heterocycles. The number of nitrogens with zero attached hydrogens (tertiary/aromatic N) is 1. The highest BCUT2D eigenvalue weighted by atomic mass is 16.5. The standard InChI is InChI=1S/C14H19N3O3/c1-17-8-9(6-7-12(17)18)16-13-10(14(19)20-2)4-3-5-11(13)15/h3-5,9,16H,6-8,15H2,1-2H3. The summed E-state index contributed by atoms with van der Waals surface area (Å²) in [4.78, 5) is 24.9. The third-order valence-electron chi connectivity index (χ3n) is 3.48. The number of likely N-dealkylation sites (tertiary alicyclic amines) is 1. The molecule has 1 unspecified atom stereocenters. The number of carbonyl (C=O) groups excluding carboxylic acids is 2. The van der Waals surface area contributed by atoms with Gasteiger partial charge in [-0.25, -0.2) is 4.79 Å². The first-order chi connectivity index (χ1) is 9.52. The molecule has 1 aliphatic heterocycles. The number of esters is 1. The lowest BCUT2D eigenvalue weighted by atomic mass is 10.0. The number of hydrogen-bond acceptors (Lipinski definition) is 5. The molecular formula is C14H19N3O3. The first kappa shape index (κ1) is 14.2. The van der Waals surface area contributed by atoms with Gasteiger partial charge >= 0.3 is 5.97 Å². The molecule has 2 rings (SSSR count). The van der Waals surface area contributed by atoms with E-state index in [0.29, 0.717) is 29.9 Å². The maximum Gasteiger partial charge on any atom is 0.340 e. The summed E-state index contributed by atoms with van der Waals surface area (Å²) in [5.74, 6) is -0.294. The number of benzene rings is 1. The van der Waals surface area contributed by atoms with Crippen molar-refractivity contribution in [3.63, 3.8) is 0 Å². The van der Waals surface area contributed by atoms with Gasteiger partial charge in [0, 0.05) is 26.1 Å². The summed E-state index contributed by atoms with van der Waals surface area (Å²) >= 11 is 0. The maximum atomic E-state index is 11.8. The smallest absolute Gasteiger partial charge is 0.340 e. The van der Waals surface area contributed by atoms with Crippen LogP contribution in [0.5, 0.6) is 0 Å². The fraction of sp³-hybridized carbons (Fsp3) is 0.429. The highest BCUT2D eigenvalue weighted by Gasteiger charge is 2.24. The van der Waals surface area contributed by atoms with Crippen LogP contribution in [0.4, 0.5) is 11.4 Å². The molecule has 0 saturated carbocycles. The number of methoxy groups -OCH3 is 1. The molecule has 1 fully saturated rings. The number of carbonyl (C=O) groups is 2. The fourth-order valence-electron chi connectivity index (χ4n) is 2.35. The molecule has 108 valence electrons. The van der Waals surface area contributed by atoms with Crippen LogP contribution in [0.2, 0.25) is 0 Å². The second kappa shape index (κ2) is 5.81. The van der Waals surface area contributed by atoms with Gasteiger partial charge in [0.05, 0.1) is 24.0 Å². The van der Waals surface area contributed by atoms with Gasteiger partial charge in [-0.2, -0.15) is 0 Å². The maximum absolute atomic E-state index is 11.8. The van der Waals surface area contributed by atoms with Gasteiger partial charge in [-0.1, -0.05) is 6.07 Å². The summed E-state index contributed by atoms with van der Waals surface area (Å²) in [6.45, 7) is 0.591. The molecule has 20 heavy (non-hydrogen) atoms. The number of piperidine rings is 1. The molecule has 0 aliphatic carbocycles. The van der Waals surface area contributed by atoms with Gasteiger partial charge in [0.1, 0.15) is 0 Å². The van der Waals surface area contributed by atoms with E-state index in [0.717, 1.165) is 6.42 Å². The van der Waals surface area contributed by atoms with Crippen LogP contribution in [0, 0.1) is 0 Å². The molecule has 1 amide bonds. The second-order valence-corrected chi connectivity index (χ2v) is 4.92. The predicted molar refractivity (Wildman–Crippen MR) is 76.5 cm³/mol. The molecule has 1 aromatic carbocycles. The number of nitrogens with two attached hydrogens (primary N) is 1. The Balaban J connectivity index is 2.20. The number of nitrogens with one attached hydrogen (secondary N) is 1. The fourth-order valence-corrected chi connectivity index (χ4v) is 2.35. The Morgan fingerprint density at radius 1 is 1.50 bits per heavy atom. The molecule has 1 atom stereocenters. The molecule has 1 aromatic rings. The predicted octanol–water partition coefficient (Wildman–Crippen LogP) is 1.09. The van der Waals surface area contributed by atoms with E-state index in [4.69, 9.17) is 10.5 Å². The van der Waals surface area contributed by atoms with Crippen LogP contribution in [0.25, 0.3) is 0 Å². The van der Waals surface area contributed by atoms with Crippen LogP contribution in [-0.4, -0.2) is 43.5 Å². The number of hydrogen-bond donors (Lipinski definition) is 2. The molecule has 6 heteroatoms. The number of ether oxygens (including phenoxy) is 1.